The van der Waals surface area contributed by atoms with E-state index in [4.69, 9.17) is 0 Å². The van der Waals surface area contributed by atoms with Gasteiger partial charge in [0.05, 0.1) is 11.0 Å². The highest BCUT2D eigenvalue weighted by molar-refractivity contribution is 6.13. The van der Waals surface area contributed by atoms with E-state index >= 15 is 0 Å². The van der Waals surface area contributed by atoms with E-state index in [-0.39, 0.29) is 0 Å². The molecule has 0 unspecified atom stereocenters. The number of para-hydroxylation sites is 2. The summed E-state index contributed by atoms with van der Waals surface area (Å²) in [6, 6.07) is 13.7. The molecule has 0 aliphatic carbocycles. The molecule has 0 fully saturated rings. The summed E-state index contributed by atoms with van der Waals surface area (Å²) < 4.78 is 1.41. The number of hydrogen-bond acceptors (Lipinski definition) is 1. The van der Waals surface area contributed by atoms with Crippen molar-refractivity contribution in [2.45, 2.75) is 19.8 Å². The van der Waals surface area contributed by atoms with Crippen LogP contribution < -0.4 is 0 Å². The first-order valence-electron chi connectivity index (χ1n) is 6.48. The van der Waals surface area contributed by atoms with Gasteiger partial charge in [0.15, 0.2) is 0 Å². The summed E-state index contributed by atoms with van der Waals surface area (Å²) in [5, 5.41) is 11.5. The van der Waals surface area contributed by atoms with Crippen LogP contribution in [0.4, 0.5) is 4.79 Å². The molecule has 96 valence electrons. The summed E-state index contributed by atoms with van der Waals surface area (Å²) in [6.07, 6.45) is 0.969. The standard InChI is InChI=1S/C16H15NO2/c1-2-6-11-7-5-9-13-12-8-3-4-10-14(12)17(15(11)13)16(18)19/h3-5,7-10H,2,6H2,1H3,(H,18,19). The minimum atomic E-state index is -0.922. The van der Waals surface area contributed by atoms with Crippen LogP contribution in [0.1, 0.15) is 18.9 Å². The van der Waals surface area contributed by atoms with Crippen molar-refractivity contribution in [2.75, 3.05) is 0 Å². The molecule has 19 heavy (non-hydrogen) atoms. The van der Waals surface area contributed by atoms with Crippen LogP contribution in [0.5, 0.6) is 0 Å². The molecule has 1 heterocycles. The Morgan fingerprint density at radius 2 is 1.84 bits per heavy atom. The number of aryl methyl sites for hydroxylation is 1. The Bertz CT molecular complexity index is 771. The Morgan fingerprint density at radius 3 is 2.58 bits per heavy atom. The maximum atomic E-state index is 11.6. The van der Waals surface area contributed by atoms with Gasteiger partial charge in [0.1, 0.15) is 0 Å². The van der Waals surface area contributed by atoms with Gasteiger partial charge in [0.2, 0.25) is 0 Å². The minimum Gasteiger partial charge on any atom is -0.464 e. The lowest BCUT2D eigenvalue weighted by atomic mass is 10.1. The Labute approximate surface area is 111 Å². The molecule has 1 aromatic heterocycles. The van der Waals surface area contributed by atoms with Gasteiger partial charge in [-0.1, -0.05) is 49.7 Å². The fraction of sp³-hybridized carbons (Fsp3) is 0.188. The van der Waals surface area contributed by atoms with Crippen LogP contribution in [0, 0.1) is 0 Å². The summed E-state index contributed by atoms with van der Waals surface area (Å²) in [5.41, 5.74) is 2.69. The predicted octanol–water partition coefficient (Wildman–Crippen LogP) is 4.27. The van der Waals surface area contributed by atoms with Crippen LogP contribution in [0.15, 0.2) is 42.5 Å². The molecular formula is C16H15NO2. The van der Waals surface area contributed by atoms with Crippen molar-refractivity contribution in [3.05, 3.63) is 48.0 Å². The summed E-state index contributed by atoms with van der Waals surface area (Å²) in [5.74, 6) is 0. The van der Waals surface area contributed by atoms with E-state index in [9.17, 15) is 9.90 Å². The molecule has 0 saturated heterocycles. The van der Waals surface area contributed by atoms with Crippen molar-refractivity contribution >= 4 is 27.9 Å². The molecule has 3 rings (SSSR count). The van der Waals surface area contributed by atoms with Crippen molar-refractivity contribution in [3.8, 4) is 0 Å². The molecule has 0 aliphatic heterocycles. The summed E-state index contributed by atoms with van der Waals surface area (Å²) >= 11 is 0. The van der Waals surface area contributed by atoms with Gasteiger partial charge in [-0.05, 0) is 18.1 Å². The van der Waals surface area contributed by atoms with E-state index in [1.165, 1.54) is 4.57 Å². The van der Waals surface area contributed by atoms with Crippen LogP contribution in [-0.2, 0) is 6.42 Å². The Hall–Kier alpha value is -2.29. The number of nitrogens with zero attached hydrogens (tertiary/aromatic N) is 1. The predicted molar refractivity (Wildman–Crippen MR) is 76.9 cm³/mol. The van der Waals surface area contributed by atoms with Gasteiger partial charge in [-0.3, -0.25) is 0 Å². The summed E-state index contributed by atoms with van der Waals surface area (Å²) in [7, 11) is 0. The highest BCUT2D eigenvalue weighted by atomic mass is 16.4. The second-order valence-corrected chi connectivity index (χ2v) is 4.70. The lowest BCUT2D eigenvalue weighted by molar-refractivity contribution is 0.198. The third kappa shape index (κ3) is 1.70. The lowest BCUT2D eigenvalue weighted by Gasteiger charge is -2.05. The topological polar surface area (TPSA) is 42.2 Å². The minimum absolute atomic E-state index is 0.758. The van der Waals surface area contributed by atoms with Crippen molar-refractivity contribution in [2.24, 2.45) is 0 Å². The third-order valence-corrected chi connectivity index (χ3v) is 3.49. The van der Waals surface area contributed by atoms with E-state index in [1.807, 2.05) is 42.5 Å². The van der Waals surface area contributed by atoms with Gasteiger partial charge in [-0.25, -0.2) is 9.36 Å². The van der Waals surface area contributed by atoms with Gasteiger partial charge in [-0.15, -0.1) is 0 Å². The first-order valence-corrected chi connectivity index (χ1v) is 6.48. The van der Waals surface area contributed by atoms with Gasteiger partial charge in [-0.2, -0.15) is 0 Å². The first kappa shape index (κ1) is 11.8. The molecule has 3 aromatic rings. The third-order valence-electron chi connectivity index (χ3n) is 3.49. The van der Waals surface area contributed by atoms with Gasteiger partial charge >= 0.3 is 6.09 Å². The van der Waals surface area contributed by atoms with E-state index in [1.54, 1.807) is 0 Å². The normalized spacial score (nSPS) is 11.2. The molecule has 0 atom stereocenters. The maximum Gasteiger partial charge on any atom is 0.416 e. The van der Waals surface area contributed by atoms with E-state index < -0.39 is 6.09 Å². The van der Waals surface area contributed by atoms with Crippen molar-refractivity contribution < 1.29 is 9.90 Å². The van der Waals surface area contributed by atoms with Crippen molar-refractivity contribution in [1.29, 1.82) is 0 Å². The number of aromatic nitrogens is 1. The average Bonchev–Trinajstić information content (AvgIpc) is 2.75. The van der Waals surface area contributed by atoms with Gasteiger partial charge in [0.25, 0.3) is 0 Å². The molecule has 2 aromatic carbocycles. The molecule has 1 N–H and O–H groups in total. The smallest absolute Gasteiger partial charge is 0.416 e. The zero-order valence-corrected chi connectivity index (χ0v) is 10.8. The average molecular weight is 253 g/mol. The number of carboxylic acid groups (broad SMARTS) is 1. The van der Waals surface area contributed by atoms with E-state index in [2.05, 4.69) is 6.92 Å². The zero-order chi connectivity index (χ0) is 13.4. The van der Waals surface area contributed by atoms with Crippen LogP contribution in [-0.4, -0.2) is 15.8 Å². The van der Waals surface area contributed by atoms with E-state index in [0.717, 1.165) is 40.2 Å². The van der Waals surface area contributed by atoms with E-state index in [0.29, 0.717) is 0 Å². The maximum absolute atomic E-state index is 11.6. The fourth-order valence-electron chi connectivity index (χ4n) is 2.76. The largest absolute Gasteiger partial charge is 0.464 e. The number of benzene rings is 2. The summed E-state index contributed by atoms with van der Waals surface area (Å²) in [4.78, 5) is 11.6. The summed E-state index contributed by atoms with van der Waals surface area (Å²) in [6.45, 7) is 2.10. The molecule has 0 aliphatic rings. The number of hydrogen-bond donors (Lipinski definition) is 1. The highest BCUT2D eigenvalue weighted by Crippen LogP contribution is 2.31. The van der Waals surface area contributed by atoms with Gasteiger partial charge < -0.3 is 5.11 Å². The molecule has 0 bridgehead atoms. The molecule has 0 amide bonds. The number of rotatable bonds is 2. The Balaban J connectivity index is 2.53. The van der Waals surface area contributed by atoms with Gasteiger partial charge in [0, 0.05) is 10.8 Å². The monoisotopic (exact) mass is 253 g/mol. The number of fused-ring (bicyclic) bond motifs is 3. The van der Waals surface area contributed by atoms with Crippen LogP contribution in [0.25, 0.3) is 21.8 Å². The molecule has 3 heteroatoms. The second kappa shape index (κ2) is 4.43. The first-order chi connectivity index (χ1) is 9.24. The van der Waals surface area contributed by atoms with Crippen molar-refractivity contribution in [1.82, 2.24) is 4.57 Å². The molecular weight excluding hydrogens is 238 g/mol. The quantitative estimate of drug-likeness (QED) is 0.741. The van der Waals surface area contributed by atoms with Crippen LogP contribution in [0.2, 0.25) is 0 Å². The zero-order valence-electron chi connectivity index (χ0n) is 10.8. The van der Waals surface area contributed by atoms with Crippen LogP contribution in [0.3, 0.4) is 0 Å². The second-order valence-electron chi connectivity index (χ2n) is 4.70. The fourth-order valence-corrected chi connectivity index (χ4v) is 2.76. The van der Waals surface area contributed by atoms with Crippen LogP contribution >= 0.6 is 0 Å². The molecule has 0 saturated carbocycles. The lowest BCUT2D eigenvalue weighted by Crippen LogP contribution is -2.08. The molecule has 3 nitrogen and oxygen atoms in total. The van der Waals surface area contributed by atoms with Crippen molar-refractivity contribution in [3.63, 3.8) is 0 Å². The molecule has 0 radical (unpaired) electrons. The molecule has 0 spiro atoms. The number of carbonyl (C=O) groups is 1. The Kier molecular flexibility index (Phi) is 2.75. The Morgan fingerprint density at radius 1 is 1.11 bits per heavy atom. The SMILES string of the molecule is CCCc1cccc2c3ccccc3n(C(=O)O)c12. The highest BCUT2D eigenvalue weighted by Gasteiger charge is 2.16.